The van der Waals surface area contributed by atoms with Gasteiger partial charge in [-0.1, -0.05) is 128 Å². The first kappa shape index (κ1) is 33.3. The molecule has 3 nitrogen and oxygen atoms in total. The van der Waals surface area contributed by atoms with Gasteiger partial charge < -0.3 is 4.55 Å². The Morgan fingerprint density at radius 3 is 1.63 bits per heavy atom. The third kappa shape index (κ3) is 12.6. The molecule has 0 amide bonds. The van der Waals surface area contributed by atoms with Crippen molar-refractivity contribution in [3.05, 3.63) is 41.5 Å². The second-order valence-corrected chi connectivity index (χ2v) is 11.3. The minimum atomic E-state index is -4.52. The maximum atomic E-state index is 12.4. The zero-order chi connectivity index (χ0) is 24.7. The molecule has 0 saturated heterocycles. The van der Waals surface area contributed by atoms with Gasteiger partial charge in [0.15, 0.2) is 0 Å². The second kappa shape index (κ2) is 19.3. The Morgan fingerprint density at radius 1 is 0.657 bits per heavy atom. The molecule has 0 aliphatic rings. The van der Waals surface area contributed by atoms with Crippen molar-refractivity contribution in [2.75, 3.05) is 0 Å². The first-order valence-corrected chi connectivity index (χ1v) is 15.4. The monoisotopic (exact) mass is 526 g/mol. The van der Waals surface area contributed by atoms with Gasteiger partial charge in [-0.3, -0.25) is 0 Å². The van der Waals surface area contributed by atoms with Crippen LogP contribution in [0.2, 0.25) is 0 Å². The molecule has 0 fully saturated rings. The van der Waals surface area contributed by atoms with Crippen molar-refractivity contribution >= 4 is 20.9 Å². The number of fused-ring (bicyclic) bond motifs is 1. The molecule has 0 atom stereocenters. The molecule has 192 valence electrons. The summed E-state index contributed by atoms with van der Waals surface area (Å²) < 4.78 is 37.3. The van der Waals surface area contributed by atoms with Crippen molar-refractivity contribution in [1.29, 1.82) is 0 Å². The van der Waals surface area contributed by atoms with E-state index in [9.17, 15) is 13.0 Å². The average molecular weight is 527 g/mol. The van der Waals surface area contributed by atoms with E-state index in [0.29, 0.717) is 12.8 Å². The molecule has 0 saturated carbocycles. The van der Waals surface area contributed by atoms with E-state index < -0.39 is 10.1 Å². The van der Waals surface area contributed by atoms with Crippen LogP contribution in [0.1, 0.15) is 128 Å². The Kier molecular flexibility index (Phi) is 18.4. The van der Waals surface area contributed by atoms with Gasteiger partial charge in [-0.2, -0.15) is 0 Å². The van der Waals surface area contributed by atoms with Crippen molar-refractivity contribution in [1.82, 2.24) is 0 Å². The van der Waals surface area contributed by atoms with Gasteiger partial charge in [0, 0.05) is 0 Å². The molecule has 2 rings (SSSR count). The van der Waals surface area contributed by atoms with Gasteiger partial charge in [0.2, 0.25) is 0 Å². The fraction of sp³-hybridized carbons (Fsp3) is 0.667. The topological polar surface area (TPSA) is 57.2 Å². The minimum absolute atomic E-state index is 0. The summed E-state index contributed by atoms with van der Waals surface area (Å²) in [6, 6.07) is 9.92. The Labute approximate surface area is 258 Å². The van der Waals surface area contributed by atoms with Crippen LogP contribution in [0.4, 0.5) is 0 Å². The standard InChI is InChI=1S/C30H48O3S.K/c1-3-5-7-9-11-13-15-17-22-27-25-26-21-19-20-23-28(26)29(30(27)34(31,32)33)24-18-16-14-12-10-8-6-4-2;/h19-21,23,25H,3-18,22,24H2,1-2H3,(H,31,32,33);/q;+1/p-1. The molecule has 0 spiro atoms. The van der Waals surface area contributed by atoms with Crippen LogP contribution in [0.15, 0.2) is 35.2 Å². The Hall–Kier alpha value is 0.246. The van der Waals surface area contributed by atoms with Crippen LogP contribution in [-0.4, -0.2) is 13.0 Å². The molecule has 2 aromatic carbocycles. The van der Waals surface area contributed by atoms with Gasteiger partial charge in [0.25, 0.3) is 0 Å². The quantitative estimate of drug-likeness (QED) is 0.126. The summed E-state index contributed by atoms with van der Waals surface area (Å²) in [4.78, 5) is 0.0806. The molecule has 0 unspecified atom stereocenters. The zero-order valence-electron chi connectivity index (χ0n) is 22.7. The molecule has 0 aliphatic heterocycles. The van der Waals surface area contributed by atoms with E-state index in [1.54, 1.807) is 0 Å². The van der Waals surface area contributed by atoms with Gasteiger partial charge in [0.1, 0.15) is 10.1 Å². The van der Waals surface area contributed by atoms with Gasteiger partial charge in [0.05, 0.1) is 4.90 Å². The summed E-state index contributed by atoms with van der Waals surface area (Å²) >= 11 is 0. The molecule has 35 heavy (non-hydrogen) atoms. The molecule has 0 heterocycles. The third-order valence-electron chi connectivity index (χ3n) is 7.01. The predicted octanol–water partition coefficient (Wildman–Crippen LogP) is 6.11. The summed E-state index contributed by atoms with van der Waals surface area (Å²) in [7, 11) is -4.52. The number of unbranched alkanes of at least 4 members (excludes halogenated alkanes) is 14. The smallest absolute Gasteiger partial charge is 0.744 e. The van der Waals surface area contributed by atoms with E-state index in [1.807, 2.05) is 30.3 Å². The number of aryl methyl sites for hydroxylation is 2. The molecule has 0 bridgehead atoms. The minimum Gasteiger partial charge on any atom is -0.744 e. The summed E-state index contributed by atoms with van der Waals surface area (Å²) in [6.45, 7) is 4.46. The predicted molar refractivity (Wildman–Crippen MR) is 145 cm³/mol. The van der Waals surface area contributed by atoms with E-state index >= 15 is 0 Å². The van der Waals surface area contributed by atoms with E-state index in [1.165, 1.54) is 77.0 Å². The summed E-state index contributed by atoms with van der Waals surface area (Å²) in [5.74, 6) is 0. The molecule has 0 aliphatic carbocycles. The van der Waals surface area contributed by atoms with Crippen molar-refractivity contribution in [2.24, 2.45) is 0 Å². The molecule has 0 N–H and O–H groups in total. The van der Waals surface area contributed by atoms with Gasteiger partial charge in [-0.05, 0) is 53.6 Å². The fourth-order valence-corrected chi connectivity index (χ4v) is 6.09. The number of benzene rings is 2. The molecular formula is C30H47KO3S. The van der Waals surface area contributed by atoms with Crippen LogP contribution in [0.5, 0.6) is 0 Å². The molecular weight excluding hydrogens is 479 g/mol. The maximum Gasteiger partial charge on any atom is 1.00 e. The van der Waals surface area contributed by atoms with Gasteiger partial charge >= 0.3 is 51.4 Å². The Bertz CT molecular complexity index is 940. The first-order chi connectivity index (χ1) is 16.5. The fourth-order valence-electron chi connectivity index (χ4n) is 5.10. The Balaban J connectivity index is 0.00000612. The second-order valence-electron chi connectivity index (χ2n) is 9.97. The van der Waals surface area contributed by atoms with E-state index in [-0.39, 0.29) is 56.3 Å². The van der Waals surface area contributed by atoms with E-state index in [4.69, 9.17) is 0 Å². The van der Waals surface area contributed by atoms with Gasteiger partial charge in [-0.25, -0.2) is 8.42 Å². The van der Waals surface area contributed by atoms with Crippen LogP contribution >= 0.6 is 0 Å². The van der Waals surface area contributed by atoms with Crippen LogP contribution in [-0.2, 0) is 23.0 Å². The summed E-state index contributed by atoms with van der Waals surface area (Å²) in [5.41, 5.74) is 1.49. The molecule has 5 heteroatoms. The SMILES string of the molecule is CCCCCCCCCCc1cc2ccccc2c(CCCCCCCCCC)c1S(=O)(=O)[O-].[K+]. The van der Waals surface area contributed by atoms with E-state index in [2.05, 4.69) is 13.8 Å². The zero-order valence-corrected chi connectivity index (χ0v) is 26.7. The average Bonchev–Trinajstić information content (AvgIpc) is 2.81. The number of hydrogen-bond acceptors (Lipinski definition) is 3. The van der Waals surface area contributed by atoms with Crippen LogP contribution in [0, 0.1) is 0 Å². The first-order valence-electron chi connectivity index (χ1n) is 14.0. The normalized spacial score (nSPS) is 11.6. The largest absolute Gasteiger partial charge is 1.00 e. The van der Waals surface area contributed by atoms with Crippen molar-refractivity contribution in [2.45, 2.75) is 134 Å². The molecule has 0 aromatic heterocycles. The van der Waals surface area contributed by atoms with Crippen LogP contribution in [0.25, 0.3) is 10.8 Å². The molecule has 2 aromatic rings. The summed E-state index contributed by atoms with van der Waals surface area (Å²) in [6.07, 6.45) is 20.5. The van der Waals surface area contributed by atoms with Crippen LogP contribution < -0.4 is 51.4 Å². The van der Waals surface area contributed by atoms with Crippen molar-refractivity contribution in [3.8, 4) is 0 Å². The third-order valence-corrected chi connectivity index (χ3v) is 8.02. The number of hydrogen-bond donors (Lipinski definition) is 0. The Morgan fingerprint density at radius 2 is 1.11 bits per heavy atom. The van der Waals surface area contributed by atoms with E-state index in [0.717, 1.165) is 47.6 Å². The number of rotatable bonds is 19. The maximum absolute atomic E-state index is 12.4. The van der Waals surface area contributed by atoms with Crippen molar-refractivity contribution in [3.63, 3.8) is 0 Å². The molecule has 0 radical (unpaired) electrons. The summed E-state index contributed by atoms with van der Waals surface area (Å²) in [5, 5.41) is 1.98. The van der Waals surface area contributed by atoms with Crippen molar-refractivity contribution < 1.29 is 64.4 Å². The van der Waals surface area contributed by atoms with Gasteiger partial charge in [-0.15, -0.1) is 0 Å². The van der Waals surface area contributed by atoms with Crippen LogP contribution in [0.3, 0.4) is 0 Å².